The largest absolute Gasteiger partial charge is 0.323 e. The number of aromatic nitrogens is 3. The van der Waals surface area contributed by atoms with Crippen LogP contribution in [-0.2, 0) is 6.42 Å². The minimum Gasteiger partial charge on any atom is -0.323 e. The summed E-state index contributed by atoms with van der Waals surface area (Å²) < 4.78 is 3.78. The highest BCUT2D eigenvalue weighted by molar-refractivity contribution is 7.09. The average Bonchev–Trinajstić information content (AvgIpc) is 2.75. The number of nitrogens with two attached hydrogens (primary N) is 1. The molecular formula is C8H10N4S2. The van der Waals surface area contributed by atoms with Gasteiger partial charge in [-0.05, 0) is 18.5 Å². The van der Waals surface area contributed by atoms with Crippen LogP contribution in [0.4, 0.5) is 0 Å². The van der Waals surface area contributed by atoms with Gasteiger partial charge in [-0.3, -0.25) is 0 Å². The summed E-state index contributed by atoms with van der Waals surface area (Å²) in [4.78, 5) is 5.37. The molecule has 2 aromatic heterocycles. The predicted molar refractivity (Wildman–Crippen MR) is 57.4 cm³/mol. The van der Waals surface area contributed by atoms with Crippen LogP contribution >= 0.6 is 22.9 Å². The van der Waals surface area contributed by atoms with Gasteiger partial charge in [-0.2, -0.15) is 0 Å². The molecule has 4 nitrogen and oxygen atoms in total. The molecule has 1 atom stereocenters. The van der Waals surface area contributed by atoms with E-state index >= 15 is 0 Å². The minimum atomic E-state index is -0.0273. The Hall–Kier alpha value is -0.850. The van der Waals surface area contributed by atoms with Crippen LogP contribution in [-0.4, -0.2) is 14.6 Å². The highest BCUT2D eigenvalue weighted by Gasteiger charge is 2.11. The molecule has 74 valence electrons. The van der Waals surface area contributed by atoms with E-state index < -0.39 is 0 Å². The Labute approximate surface area is 90.0 Å². The summed E-state index contributed by atoms with van der Waals surface area (Å²) >= 11 is 3.00. The monoisotopic (exact) mass is 226 g/mol. The molecule has 1 unspecified atom stereocenters. The summed E-state index contributed by atoms with van der Waals surface area (Å²) in [6.07, 6.45) is 2.48. The molecule has 6 heteroatoms. The van der Waals surface area contributed by atoms with E-state index in [0.717, 1.165) is 22.0 Å². The first-order valence-corrected chi connectivity index (χ1v) is 5.85. The third-order valence-corrected chi connectivity index (χ3v) is 3.59. The highest BCUT2D eigenvalue weighted by Crippen LogP contribution is 2.19. The Kier molecular flexibility index (Phi) is 2.85. The maximum Gasteiger partial charge on any atom is 0.0947 e. The maximum atomic E-state index is 5.98. The molecule has 0 saturated carbocycles. The highest BCUT2D eigenvalue weighted by atomic mass is 32.1. The van der Waals surface area contributed by atoms with Crippen LogP contribution in [0.1, 0.15) is 21.6 Å². The van der Waals surface area contributed by atoms with E-state index in [1.54, 1.807) is 17.5 Å². The molecule has 0 aromatic carbocycles. The van der Waals surface area contributed by atoms with Gasteiger partial charge in [-0.15, -0.1) is 16.4 Å². The first-order valence-electron chi connectivity index (χ1n) is 4.19. The van der Waals surface area contributed by atoms with Crippen molar-refractivity contribution in [3.05, 3.63) is 27.2 Å². The van der Waals surface area contributed by atoms with Crippen LogP contribution in [0.25, 0.3) is 0 Å². The molecule has 0 radical (unpaired) electrons. The molecule has 2 heterocycles. The summed E-state index contributed by atoms with van der Waals surface area (Å²) in [7, 11) is 0. The molecule has 0 aliphatic rings. The van der Waals surface area contributed by atoms with Crippen molar-refractivity contribution in [3.63, 3.8) is 0 Å². The number of rotatable bonds is 3. The number of thiazole rings is 1. The van der Waals surface area contributed by atoms with E-state index in [9.17, 15) is 0 Å². The molecule has 0 aliphatic heterocycles. The van der Waals surface area contributed by atoms with Crippen LogP contribution in [0.2, 0.25) is 0 Å². The van der Waals surface area contributed by atoms with Crippen LogP contribution in [0.5, 0.6) is 0 Å². The molecule has 0 spiro atoms. The van der Waals surface area contributed by atoms with Crippen molar-refractivity contribution < 1.29 is 0 Å². The van der Waals surface area contributed by atoms with Gasteiger partial charge in [0, 0.05) is 23.5 Å². The fourth-order valence-corrected chi connectivity index (χ4v) is 2.46. The summed E-state index contributed by atoms with van der Waals surface area (Å²) in [5.74, 6) is 0. The Balaban J connectivity index is 2.05. The van der Waals surface area contributed by atoms with Gasteiger partial charge in [-0.1, -0.05) is 4.49 Å². The first kappa shape index (κ1) is 9.70. The number of hydrogen-bond acceptors (Lipinski definition) is 6. The van der Waals surface area contributed by atoms with Gasteiger partial charge in [0.15, 0.2) is 0 Å². The zero-order valence-electron chi connectivity index (χ0n) is 7.67. The molecule has 0 bridgehead atoms. The van der Waals surface area contributed by atoms with E-state index in [-0.39, 0.29) is 6.04 Å². The van der Waals surface area contributed by atoms with Crippen LogP contribution < -0.4 is 5.73 Å². The first-order chi connectivity index (χ1) is 6.75. The number of hydrogen-bond donors (Lipinski definition) is 1. The fraction of sp³-hybridized carbons (Fsp3) is 0.375. The molecule has 2 rings (SSSR count). The second kappa shape index (κ2) is 4.12. The molecule has 0 aliphatic carbocycles. The lowest BCUT2D eigenvalue weighted by molar-refractivity contribution is 0.728. The SMILES string of the molecule is Cc1csc(CC(N)c2cnns2)n1. The van der Waals surface area contributed by atoms with E-state index in [4.69, 9.17) is 5.73 Å². The zero-order chi connectivity index (χ0) is 9.97. The lowest BCUT2D eigenvalue weighted by Crippen LogP contribution is -2.11. The lowest BCUT2D eigenvalue weighted by atomic mass is 10.2. The maximum absolute atomic E-state index is 5.98. The zero-order valence-corrected chi connectivity index (χ0v) is 9.31. The lowest BCUT2D eigenvalue weighted by Gasteiger charge is -2.04. The second-order valence-corrected chi connectivity index (χ2v) is 4.77. The van der Waals surface area contributed by atoms with Crippen molar-refractivity contribution in [2.75, 3.05) is 0 Å². The normalized spacial score (nSPS) is 13.0. The summed E-state index contributed by atoms with van der Waals surface area (Å²) in [5, 5.41) is 6.87. The quantitative estimate of drug-likeness (QED) is 0.862. The third kappa shape index (κ3) is 2.14. The van der Waals surface area contributed by atoms with Gasteiger partial charge >= 0.3 is 0 Å². The van der Waals surface area contributed by atoms with Crippen LogP contribution in [0.15, 0.2) is 11.6 Å². The van der Waals surface area contributed by atoms with Crippen molar-refractivity contribution in [2.45, 2.75) is 19.4 Å². The van der Waals surface area contributed by atoms with Gasteiger partial charge in [0.2, 0.25) is 0 Å². The topological polar surface area (TPSA) is 64.7 Å². The number of nitrogens with zero attached hydrogens (tertiary/aromatic N) is 3. The minimum absolute atomic E-state index is 0.0273. The molecule has 0 fully saturated rings. The molecule has 14 heavy (non-hydrogen) atoms. The van der Waals surface area contributed by atoms with E-state index in [1.807, 2.05) is 12.3 Å². The van der Waals surface area contributed by atoms with Crippen molar-refractivity contribution >= 4 is 22.9 Å². The Morgan fingerprint density at radius 1 is 1.57 bits per heavy atom. The van der Waals surface area contributed by atoms with Crippen molar-refractivity contribution in [1.29, 1.82) is 0 Å². The molecule has 0 saturated heterocycles. The summed E-state index contributed by atoms with van der Waals surface area (Å²) in [5.41, 5.74) is 7.03. The van der Waals surface area contributed by atoms with Gasteiger partial charge in [-0.25, -0.2) is 4.98 Å². The van der Waals surface area contributed by atoms with Crippen molar-refractivity contribution in [1.82, 2.24) is 14.6 Å². The molecular weight excluding hydrogens is 216 g/mol. The standard InChI is InChI=1S/C8H10N4S2/c1-5-4-13-8(11-5)2-6(9)7-3-10-12-14-7/h3-4,6H,2,9H2,1H3. The Morgan fingerprint density at radius 2 is 2.43 bits per heavy atom. The summed E-state index contributed by atoms with van der Waals surface area (Å²) in [6.45, 7) is 1.99. The average molecular weight is 226 g/mol. The van der Waals surface area contributed by atoms with Crippen LogP contribution in [0, 0.1) is 6.92 Å². The van der Waals surface area contributed by atoms with Gasteiger partial charge < -0.3 is 5.73 Å². The number of aryl methyl sites for hydroxylation is 1. The predicted octanol–water partition coefficient (Wildman–Crippen LogP) is 1.55. The van der Waals surface area contributed by atoms with E-state index in [2.05, 4.69) is 14.6 Å². The van der Waals surface area contributed by atoms with Gasteiger partial charge in [0.05, 0.1) is 16.1 Å². The van der Waals surface area contributed by atoms with Gasteiger partial charge in [0.25, 0.3) is 0 Å². The van der Waals surface area contributed by atoms with E-state index in [1.165, 1.54) is 11.5 Å². The summed E-state index contributed by atoms with van der Waals surface area (Å²) in [6, 6.07) is -0.0273. The van der Waals surface area contributed by atoms with Crippen LogP contribution in [0.3, 0.4) is 0 Å². The molecule has 0 amide bonds. The fourth-order valence-electron chi connectivity index (χ4n) is 1.12. The van der Waals surface area contributed by atoms with Crippen molar-refractivity contribution in [2.24, 2.45) is 5.73 Å². The smallest absolute Gasteiger partial charge is 0.0947 e. The molecule has 2 aromatic rings. The third-order valence-electron chi connectivity index (χ3n) is 1.80. The molecule has 2 N–H and O–H groups in total. The van der Waals surface area contributed by atoms with Gasteiger partial charge in [0.1, 0.15) is 0 Å². The Morgan fingerprint density at radius 3 is 3.00 bits per heavy atom. The Bertz CT molecular complexity index is 395. The van der Waals surface area contributed by atoms with E-state index in [0.29, 0.717) is 0 Å². The second-order valence-electron chi connectivity index (χ2n) is 3.01. The van der Waals surface area contributed by atoms with Crippen molar-refractivity contribution in [3.8, 4) is 0 Å².